The highest BCUT2D eigenvalue weighted by molar-refractivity contribution is 5.81. The Kier molecular flexibility index (Phi) is 6.75. The summed E-state index contributed by atoms with van der Waals surface area (Å²) >= 11 is 0. The van der Waals surface area contributed by atoms with E-state index in [1.165, 1.54) is 22.3 Å². The van der Waals surface area contributed by atoms with Crippen LogP contribution in [-0.2, 0) is 14.3 Å². The summed E-state index contributed by atoms with van der Waals surface area (Å²) in [5, 5.41) is 15.3. The molecule has 2 aromatic rings. The highest BCUT2D eigenvalue weighted by Gasteiger charge is 2.36. The van der Waals surface area contributed by atoms with Crippen molar-refractivity contribution in [3.8, 4) is 11.1 Å². The zero-order valence-electron chi connectivity index (χ0n) is 19.7. The average molecular weight is 477 g/mol. The van der Waals surface area contributed by atoms with E-state index in [1.54, 1.807) is 0 Å². The molecule has 2 fully saturated rings. The Morgan fingerprint density at radius 3 is 2.09 bits per heavy atom. The maximum Gasteiger partial charge on any atom is 0.407 e. The quantitative estimate of drug-likeness (QED) is 0.571. The van der Waals surface area contributed by atoms with Crippen LogP contribution in [0, 0.1) is 11.8 Å². The molecule has 7 nitrogen and oxygen atoms in total. The van der Waals surface area contributed by atoms with Crippen molar-refractivity contribution in [3.63, 3.8) is 0 Å². The standard InChI is InChI=1S/C28H32N2O5/c31-26(30-25-11-5-10-23(25)27(32)33)17-12-14-18(15-13-17)29-28(34)35-16-24-21-8-3-1-6-19(21)20-7-2-4-9-22(20)24/h1-4,6-9,17-18,23-25H,5,10-16H2,(H,29,34)(H,30,31)(H,32,33)/t17?,18?,23-,25+/m1/s1. The molecule has 0 saturated heterocycles. The van der Waals surface area contributed by atoms with Crippen molar-refractivity contribution < 1.29 is 24.2 Å². The van der Waals surface area contributed by atoms with E-state index in [0.29, 0.717) is 32.1 Å². The van der Waals surface area contributed by atoms with Crippen LogP contribution in [0.15, 0.2) is 48.5 Å². The van der Waals surface area contributed by atoms with Crippen LogP contribution >= 0.6 is 0 Å². The fourth-order valence-electron chi connectivity index (χ4n) is 6.04. The third kappa shape index (κ3) is 4.90. The maximum absolute atomic E-state index is 12.7. The molecule has 35 heavy (non-hydrogen) atoms. The van der Waals surface area contributed by atoms with Crippen LogP contribution in [0.25, 0.3) is 11.1 Å². The number of amides is 2. The Balaban J connectivity index is 1.09. The second-order valence-corrected chi connectivity index (χ2v) is 10.0. The zero-order valence-corrected chi connectivity index (χ0v) is 19.7. The van der Waals surface area contributed by atoms with Crippen LogP contribution in [0.5, 0.6) is 0 Å². The fourth-order valence-corrected chi connectivity index (χ4v) is 6.04. The van der Waals surface area contributed by atoms with Gasteiger partial charge in [0.25, 0.3) is 0 Å². The first kappa shape index (κ1) is 23.4. The van der Waals surface area contributed by atoms with Gasteiger partial charge in [-0.3, -0.25) is 9.59 Å². The molecular formula is C28H32N2O5. The van der Waals surface area contributed by atoms with Gasteiger partial charge in [-0.05, 0) is 60.8 Å². The lowest BCUT2D eigenvalue weighted by Crippen LogP contribution is -2.45. The molecule has 2 atom stereocenters. The minimum absolute atomic E-state index is 0.0204. The molecule has 184 valence electrons. The number of carbonyl (C=O) groups is 3. The number of alkyl carbamates (subject to hydrolysis) is 1. The molecule has 2 aromatic carbocycles. The summed E-state index contributed by atoms with van der Waals surface area (Å²) in [6.07, 6.45) is 4.51. The van der Waals surface area contributed by atoms with Crippen LogP contribution in [0.4, 0.5) is 4.79 Å². The van der Waals surface area contributed by atoms with Gasteiger partial charge in [0.15, 0.2) is 0 Å². The smallest absolute Gasteiger partial charge is 0.407 e. The van der Waals surface area contributed by atoms with Crippen molar-refractivity contribution in [1.82, 2.24) is 10.6 Å². The summed E-state index contributed by atoms with van der Waals surface area (Å²) in [6.45, 7) is 0.281. The topological polar surface area (TPSA) is 105 Å². The van der Waals surface area contributed by atoms with E-state index in [-0.39, 0.29) is 36.4 Å². The Hall–Kier alpha value is -3.35. The first-order valence-corrected chi connectivity index (χ1v) is 12.7. The highest BCUT2D eigenvalue weighted by Crippen LogP contribution is 2.44. The maximum atomic E-state index is 12.7. The summed E-state index contributed by atoms with van der Waals surface area (Å²) in [5.41, 5.74) is 4.75. The average Bonchev–Trinajstić information content (AvgIpc) is 3.46. The second-order valence-electron chi connectivity index (χ2n) is 10.0. The van der Waals surface area contributed by atoms with Crippen LogP contribution in [0.3, 0.4) is 0 Å². The third-order valence-electron chi connectivity index (χ3n) is 7.92. The van der Waals surface area contributed by atoms with E-state index in [0.717, 1.165) is 12.8 Å². The number of carboxylic acid groups (broad SMARTS) is 1. The lowest BCUT2D eigenvalue weighted by molar-refractivity contribution is -0.142. The first-order valence-electron chi connectivity index (χ1n) is 12.7. The second kappa shape index (κ2) is 10.1. The number of benzene rings is 2. The monoisotopic (exact) mass is 476 g/mol. The van der Waals surface area contributed by atoms with Gasteiger partial charge in [0.05, 0.1) is 5.92 Å². The van der Waals surface area contributed by atoms with Gasteiger partial charge in [-0.2, -0.15) is 0 Å². The lowest BCUT2D eigenvalue weighted by Gasteiger charge is -2.29. The van der Waals surface area contributed by atoms with Gasteiger partial charge in [0.1, 0.15) is 6.61 Å². The fraction of sp³-hybridized carbons (Fsp3) is 0.464. The lowest BCUT2D eigenvalue weighted by atomic mass is 9.85. The van der Waals surface area contributed by atoms with Crippen LogP contribution in [-0.4, -0.2) is 41.8 Å². The van der Waals surface area contributed by atoms with Gasteiger partial charge in [-0.15, -0.1) is 0 Å². The minimum Gasteiger partial charge on any atom is -0.481 e. The van der Waals surface area contributed by atoms with E-state index >= 15 is 0 Å². The predicted octanol–water partition coefficient (Wildman–Crippen LogP) is 4.45. The zero-order chi connectivity index (χ0) is 24.4. The van der Waals surface area contributed by atoms with Gasteiger partial charge >= 0.3 is 12.1 Å². The molecular weight excluding hydrogens is 444 g/mol. The Morgan fingerprint density at radius 1 is 0.829 bits per heavy atom. The number of carbonyl (C=O) groups excluding carboxylic acids is 2. The Bertz CT molecular complexity index is 1060. The van der Waals surface area contributed by atoms with Crippen LogP contribution in [0.2, 0.25) is 0 Å². The van der Waals surface area contributed by atoms with Gasteiger partial charge < -0.3 is 20.5 Å². The molecule has 5 rings (SSSR count). The summed E-state index contributed by atoms with van der Waals surface area (Å²) in [6, 6.07) is 16.2. The molecule has 0 aromatic heterocycles. The molecule has 3 aliphatic rings. The summed E-state index contributed by atoms with van der Waals surface area (Å²) in [4.78, 5) is 36.6. The van der Waals surface area contributed by atoms with Gasteiger partial charge in [0.2, 0.25) is 5.91 Å². The number of nitrogens with one attached hydrogen (secondary N) is 2. The molecule has 0 bridgehead atoms. The molecule has 2 saturated carbocycles. The van der Waals surface area contributed by atoms with Crippen LogP contribution in [0.1, 0.15) is 62.0 Å². The predicted molar refractivity (Wildman–Crippen MR) is 131 cm³/mol. The molecule has 0 radical (unpaired) electrons. The number of rotatable bonds is 6. The SMILES string of the molecule is O=C(NC1CCC(C(=O)N[C@H]2CCC[C@H]2C(=O)O)CC1)OCC1c2ccccc2-c2ccccc21. The van der Waals surface area contributed by atoms with E-state index < -0.39 is 18.0 Å². The first-order chi connectivity index (χ1) is 17.0. The summed E-state index contributed by atoms with van der Waals surface area (Å²) < 4.78 is 5.65. The van der Waals surface area contributed by atoms with Gasteiger partial charge in [0, 0.05) is 23.9 Å². The van der Waals surface area contributed by atoms with Crippen molar-refractivity contribution >= 4 is 18.0 Å². The van der Waals surface area contributed by atoms with E-state index in [2.05, 4.69) is 34.9 Å². The largest absolute Gasteiger partial charge is 0.481 e. The van der Waals surface area contributed by atoms with E-state index in [1.807, 2.05) is 24.3 Å². The molecule has 3 N–H and O–H groups in total. The molecule has 2 amide bonds. The molecule has 0 unspecified atom stereocenters. The number of hydrogen-bond donors (Lipinski definition) is 3. The normalized spacial score (nSPS) is 25.4. The van der Waals surface area contributed by atoms with Crippen molar-refractivity contribution in [1.29, 1.82) is 0 Å². The molecule has 0 aliphatic heterocycles. The minimum atomic E-state index is -0.830. The highest BCUT2D eigenvalue weighted by atomic mass is 16.5. The van der Waals surface area contributed by atoms with E-state index in [4.69, 9.17) is 4.74 Å². The molecule has 7 heteroatoms. The van der Waals surface area contributed by atoms with E-state index in [9.17, 15) is 19.5 Å². The molecule has 3 aliphatic carbocycles. The van der Waals surface area contributed by atoms with Crippen LogP contribution < -0.4 is 10.6 Å². The van der Waals surface area contributed by atoms with Crippen molar-refractivity contribution in [2.75, 3.05) is 6.61 Å². The number of fused-ring (bicyclic) bond motifs is 3. The molecule has 0 spiro atoms. The van der Waals surface area contributed by atoms with Crippen molar-refractivity contribution in [2.45, 2.75) is 62.9 Å². The summed E-state index contributed by atoms with van der Waals surface area (Å²) in [5.74, 6) is -1.47. The molecule has 0 heterocycles. The van der Waals surface area contributed by atoms with Crippen molar-refractivity contribution in [2.24, 2.45) is 11.8 Å². The van der Waals surface area contributed by atoms with Gasteiger partial charge in [-0.25, -0.2) is 4.79 Å². The number of hydrogen-bond acceptors (Lipinski definition) is 4. The Morgan fingerprint density at radius 2 is 1.46 bits per heavy atom. The number of carboxylic acids is 1. The summed E-state index contributed by atoms with van der Waals surface area (Å²) in [7, 11) is 0. The number of ether oxygens (including phenoxy) is 1. The third-order valence-corrected chi connectivity index (χ3v) is 7.92. The van der Waals surface area contributed by atoms with Gasteiger partial charge in [-0.1, -0.05) is 55.0 Å². The van der Waals surface area contributed by atoms with Crippen molar-refractivity contribution in [3.05, 3.63) is 59.7 Å². The number of aliphatic carboxylic acids is 1. The Labute approximate surface area is 205 Å².